The molecular weight excluding hydrogens is 224 g/mol. The molecule has 92 valence electrons. The van der Waals surface area contributed by atoms with Crippen molar-refractivity contribution < 1.29 is 0 Å². The van der Waals surface area contributed by atoms with E-state index in [1.54, 1.807) is 13.1 Å². The predicted molar refractivity (Wildman–Crippen MR) is 72.6 cm³/mol. The van der Waals surface area contributed by atoms with Gasteiger partial charge in [0.05, 0.1) is 5.52 Å². The van der Waals surface area contributed by atoms with Crippen molar-refractivity contribution in [1.29, 1.82) is 5.26 Å². The van der Waals surface area contributed by atoms with E-state index in [1.807, 2.05) is 18.2 Å². The monoisotopic (exact) mass is 240 g/mol. The number of nitrogens with zero attached hydrogens (tertiary/aromatic N) is 2. The minimum absolute atomic E-state index is 0.0513. The Hall–Kier alpha value is -2.08. The molecule has 0 bridgehead atoms. The lowest BCUT2D eigenvalue weighted by molar-refractivity contribution is 0.591. The molecule has 3 nitrogen and oxygen atoms in total. The molecular formula is C15H16N2O. The minimum atomic E-state index is -0.242. The first-order chi connectivity index (χ1) is 8.34. The Bertz CT molecular complexity index is 712. The van der Waals surface area contributed by atoms with Gasteiger partial charge < -0.3 is 4.57 Å². The first kappa shape index (κ1) is 12.4. The number of pyridine rings is 1. The number of rotatable bonds is 0. The lowest BCUT2D eigenvalue weighted by atomic mass is 9.86. The first-order valence-electron chi connectivity index (χ1n) is 5.89. The molecule has 2 rings (SSSR count). The summed E-state index contributed by atoms with van der Waals surface area (Å²) in [5.41, 5.74) is 2.05. The number of benzene rings is 1. The van der Waals surface area contributed by atoms with Crippen LogP contribution in [0.2, 0.25) is 0 Å². The molecule has 0 unspecified atom stereocenters. The fourth-order valence-corrected chi connectivity index (χ4v) is 2.03. The van der Waals surface area contributed by atoms with Gasteiger partial charge in [-0.25, -0.2) is 0 Å². The van der Waals surface area contributed by atoms with E-state index in [0.29, 0.717) is 0 Å². The number of aromatic nitrogens is 1. The molecule has 1 heterocycles. The number of fused-ring (bicyclic) bond motifs is 1. The molecule has 0 atom stereocenters. The van der Waals surface area contributed by atoms with Crippen LogP contribution in [0.5, 0.6) is 0 Å². The summed E-state index contributed by atoms with van der Waals surface area (Å²) < 4.78 is 1.53. The molecule has 0 amide bonds. The maximum Gasteiger partial charge on any atom is 0.268 e. The molecule has 2 aromatic rings. The Morgan fingerprint density at radius 1 is 1.22 bits per heavy atom. The average molecular weight is 240 g/mol. The smallest absolute Gasteiger partial charge is 0.268 e. The van der Waals surface area contributed by atoms with Gasteiger partial charge in [-0.1, -0.05) is 26.8 Å². The normalized spacial score (nSPS) is 11.5. The zero-order valence-corrected chi connectivity index (χ0v) is 11.1. The van der Waals surface area contributed by atoms with Crippen LogP contribution in [0.4, 0.5) is 0 Å². The number of aryl methyl sites for hydroxylation is 1. The van der Waals surface area contributed by atoms with Crippen LogP contribution in [0, 0.1) is 11.3 Å². The Balaban J connectivity index is 2.84. The van der Waals surface area contributed by atoms with E-state index in [2.05, 4.69) is 26.8 Å². The molecule has 18 heavy (non-hydrogen) atoms. The van der Waals surface area contributed by atoms with Crippen LogP contribution in [0.3, 0.4) is 0 Å². The Morgan fingerprint density at radius 2 is 1.89 bits per heavy atom. The SMILES string of the molecule is Cn1c(=O)c(C#N)cc2cc(C(C)(C)C)ccc21. The summed E-state index contributed by atoms with van der Waals surface area (Å²) in [7, 11) is 1.70. The maximum absolute atomic E-state index is 11.8. The van der Waals surface area contributed by atoms with E-state index < -0.39 is 0 Å². The summed E-state index contributed by atoms with van der Waals surface area (Å²) >= 11 is 0. The zero-order valence-electron chi connectivity index (χ0n) is 11.1. The third-order valence-electron chi connectivity index (χ3n) is 3.21. The van der Waals surface area contributed by atoms with Crippen molar-refractivity contribution in [2.24, 2.45) is 7.05 Å². The van der Waals surface area contributed by atoms with Gasteiger partial charge >= 0.3 is 0 Å². The van der Waals surface area contributed by atoms with Gasteiger partial charge in [-0.2, -0.15) is 5.26 Å². The average Bonchev–Trinajstić information content (AvgIpc) is 2.32. The van der Waals surface area contributed by atoms with Crippen molar-refractivity contribution in [2.45, 2.75) is 26.2 Å². The van der Waals surface area contributed by atoms with Gasteiger partial charge in [0.1, 0.15) is 11.6 Å². The van der Waals surface area contributed by atoms with Crippen LogP contribution in [0.15, 0.2) is 29.1 Å². The van der Waals surface area contributed by atoms with Crippen molar-refractivity contribution in [3.63, 3.8) is 0 Å². The molecule has 0 aliphatic heterocycles. The van der Waals surface area contributed by atoms with Crippen LogP contribution in [0.25, 0.3) is 10.9 Å². The van der Waals surface area contributed by atoms with Crippen molar-refractivity contribution in [2.75, 3.05) is 0 Å². The predicted octanol–water partition coefficient (Wildman–Crippen LogP) is 2.71. The van der Waals surface area contributed by atoms with Crippen LogP contribution in [0.1, 0.15) is 31.9 Å². The highest BCUT2D eigenvalue weighted by Gasteiger charge is 2.15. The van der Waals surface area contributed by atoms with Gasteiger partial charge in [-0.15, -0.1) is 0 Å². The number of hydrogen-bond donors (Lipinski definition) is 0. The summed E-state index contributed by atoms with van der Waals surface area (Å²) in [6.45, 7) is 6.42. The summed E-state index contributed by atoms with van der Waals surface area (Å²) in [6.07, 6.45) is 0. The van der Waals surface area contributed by atoms with Crippen LogP contribution < -0.4 is 5.56 Å². The van der Waals surface area contributed by atoms with Crippen LogP contribution in [-0.4, -0.2) is 4.57 Å². The standard InChI is InChI=1S/C15H16N2O/c1-15(2,3)12-5-6-13-10(8-12)7-11(9-16)14(18)17(13)4/h5-8H,1-4H3. The van der Waals surface area contributed by atoms with Gasteiger partial charge in [-0.3, -0.25) is 4.79 Å². The molecule has 1 aromatic heterocycles. The highest BCUT2D eigenvalue weighted by molar-refractivity contribution is 5.81. The van der Waals surface area contributed by atoms with Crippen molar-refractivity contribution in [3.8, 4) is 6.07 Å². The van der Waals surface area contributed by atoms with Crippen LogP contribution >= 0.6 is 0 Å². The second-order valence-electron chi connectivity index (χ2n) is 5.56. The molecule has 0 radical (unpaired) electrons. The molecule has 0 saturated carbocycles. The molecule has 1 aromatic carbocycles. The second-order valence-corrected chi connectivity index (χ2v) is 5.56. The Kier molecular flexibility index (Phi) is 2.74. The first-order valence-corrected chi connectivity index (χ1v) is 5.89. The van der Waals surface area contributed by atoms with Crippen molar-refractivity contribution in [3.05, 3.63) is 45.7 Å². The van der Waals surface area contributed by atoms with Crippen molar-refractivity contribution >= 4 is 10.9 Å². The summed E-state index contributed by atoms with van der Waals surface area (Å²) in [5, 5.41) is 9.90. The van der Waals surface area contributed by atoms with Gasteiger partial charge in [0, 0.05) is 12.4 Å². The largest absolute Gasteiger partial charge is 0.310 e. The third kappa shape index (κ3) is 1.91. The zero-order chi connectivity index (χ0) is 13.5. The number of nitriles is 1. The molecule has 0 spiro atoms. The van der Waals surface area contributed by atoms with Gasteiger partial charge in [0.2, 0.25) is 0 Å². The number of hydrogen-bond acceptors (Lipinski definition) is 2. The lowest BCUT2D eigenvalue weighted by Crippen LogP contribution is -2.20. The minimum Gasteiger partial charge on any atom is -0.310 e. The fourth-order valence-electron chi connectivity index (χ4n) is 2.03. The maximum atomic E-state index is 11.8. The Labute approximate surface area is 106 Å². The van der Waals surface area contributed by atoms with E-state index in [-0.39, 0.29) is 16.5 Å². The van der Waals surface area contributed by atoms with Crippen LogP contribution in [-0.2, 0) is 12.5 Å². The lowest BCUT2D eigenvalue weighted by Gasteiger charge is -2.20. The van der Waals surface area contributed by atoms with E-state index in [0.717, 1.165) is 10.9 Å². The van der Waals surface area contributed by atoms with E-state index in [1.165, 1.54) is 10.1 Å². The van der Waals surface area contributed by atoms with Gasteiger partial charge in [0.15, 0.2) is 0 Å². The summed E-state index contributed by atoms with van der Waals surface area (Å²) in [4.78, 5) is 11.8. The van der Waals surface area contributed by atoms with Crippen molar-refractivity contribution in [1.82, 2.24) is 4.57 Å². The molecule has 0 N–H and O–H groups in total. The topological polar surface area (TPSA) is 45.8 Å². The van der Waals surface area contributed by atoms with Gasteiger partial charge in [0.25, 0.3) is 5.56 Å². The highest BCUT2D eigenvalue weighted by atomic mass is 16.1. The molecule has 0 saturated heterocycles. The quantitative estimate of drug-likeness (QED) is 0.710. The third-order valence-corrected chi connectivity index (χ3v) is 3.21. The molecule has 0 fully saturated rings. The molecule has 0 aliphatic rings. The fraction of sp³-hybridized carbons (Fsp3) is 0.333. The molecule has 0 aliphatic carbocycles. The highest BCUT2D eigenvalue weighted by Crippen LogP contribution is 2.25. The van der Waals surface area contributed by atoms with Gasteiger partial charge in [-0.05, 0) is 29.2 Å². The second kappa shape index (κ2) is 3.99. The molecule has 3 heteroatoms. The van der Waals surface area contributed by atoms with E-state index in [4.69, 9.17) is 5.26 Å². The van der Waals surface area contributed by atoms with E-state index in [9.17, 15) is 4.79 Å². The summed E-state index contributed by atoms with van der Waals surface area (Å²) in [5.74, 6) is 0. The Morgan fingerprint density at radius 3 is 2.44 bits per heavy atom. The summed E-state index contributed by atoms with van der Waals surface area (Å²) in [6, 6.07) is 9.66. The van der Waals surface area contributed by atoms with E-state index >= 15 is 0 Å².